The highest BCUT2D eigenvalue weighted by molar-refractivity contribution is 7.80. The molecular formula is C24H35N5O6S. The third-order valence-corrected chi connectivity index (χ3v) is 6.52. The number of fused-ring (bicyclic) bond motifs is 1. The van der Waals surface area contributed by atoms with Crippen LogP contribution in [0.25, 0.3) is 10.9 Å². The molecule has 0 aliphatic rings. The lowest BCUT2D eigenvalue weighted by atomic mass is 9.99. The zero-order valence-electron chi connectivity index (χ0n) is 20.5. The number of benzene rings is 1. The minimum absolute atomic E-state index is 0.0195. The number of hydrogen-bond donors (Lipinski definition) is 8. The second-order valence-corrected chi connectivity index (χ2v) is 9.21. The van der Waals surface area contributed by atoms with Gasteiger partial charge < -0.3 is 36.9 Å². The number of carboxylic acids is 1. The number of amides is 3. The van der Waals surface area contributed by atoms with E-state index in [-0.39, 0.29) is 18.1 Å². The molecule has 2 rings (SSSR count). The van der Waals surface area contributed by atoms with Gasteiger partial charge in [0.15, 0.2) is 0 Å². The van der Waals surface area contributed by atoms with E-state index in [4.69, 9.17) is 5.73 Å². The van der Waals surface area contributed by atoms with E-state index in [9.17, 15) is 29.4 Å². The summed E-state index contributed by atoms with van der Waals surface area (Å²) in [7, 11) is 0. The number of carboxylic acid groups (broad SMARTS) is 1. The minimum atomic E-state index is -1.47. The van der Waals surface area contributed by atoms with Crippen molar-refractivity contribution >= 4 is 47.2 Å². The maximum Gasteiger partial charge on any atom is 0.326 e. The van der Waals surface area contributed by atoms with Crippen molar-refractivity contribution in [1.82, 2.24) is 20.9 Å². The van der Waals surface area contributed by atoms with Crippen molar-refractivity contribution < 1.29 is 29.4 Å². The Morgan fingerprint density at radius 2 is 1.67 bits per heavy atom. The van der Waals surface area contributed by atoms with E-state index < -0.39 is 54.0 Å². The lowest BCUT2D eigenvalue weighted by molar-refractivity contribution is -0.143. The minimum Gasteiger partial charge on any atom is -0.480 e. The zero-order valence-corrected chi connectivity index (χ0v) is 21.4. The Balaban J connectivity index is 2.10. The molecule has 11 nitrogen and oxygen atoms in total. The third-order valence-electron chi connectivity index (χ3n) is 6.15. The van der Waals surface area contributed by atoms with E-state index in [2.05, 4.69) is 33.6 Å². The first-order valence-corrected chi connectivity index (χ1v) is 12.4. The summed E-state index contributed by atoms with van der Waals surface area (Å²) in [6.07, 6.45) is 0.967. The Morgan fingerprint density at radius 1 is 1.03 bits per heavy atom. The SMILES string of the molecule is CCC(C)C(N)C(=O)NC(CS)C(=O)NC(C(=O)NC(Cc1c[nH]c2ccccc12)C(=O)O)C(C)O. The number of aliphatic hydroxyl groups excluding tert-OH is 1. The fraction of sp³-hybridized carbons (Fsp3) is 0.500. The molecule has 198 valence electrons. The number of H-pyrrole nitrogens is 1. The number of nitrogens with two attached hydrogens (primary N) is 1. The molecule has 0 saturated carbocycles. The van der Waals surface area contributed by atoms with Crippen molar-refractivity contribution in [3.63, 3.8) is 0 Å². The molecule has 0 aliphatic heterocycles. The summed E-state index contributed by atoms with van der Waals surface area (Å²) in [6, 6.07) is 2.60. The van der Waals surface area contributed by atoms with Crippen LogP contribution in [0.4, 0.5) is 0 Å². The molecule has 3 amide bonds. The summed E-state index contributed by atoms with van der Waals surface area (Å²) in [6.45, 7) is 4.98. The average Bonchev–Trinajstić information content (AvgIpc) is 3.26. The lowest BCUT2D eigenvalue weighted by Crippen LogP contribution is -2.60. The van der Waals surface area contributed by atoms with E-state index in [1.54, 1.807) is 6.20 Å². The molecule has 1 aromatic carbocycles. The molecule has 2 aromatic rings. The Hall–Kier alpha value is -3.09. The van der Waals surface area contributed by atoms with Crippen molar-refractivity contribution in [2.45, 2.75) is 63.9 Å². The second kappa shape index (κ2) is 13.3. The van der Waals surface area contributed by atoms with Crippen LogP contribution in [0.5, 0.6) is 0 Å². The molecule has 0 radical (unpaired) electrons. The van der Waals surface area contributed by atoms with Crippen molar-refractivity contribution in [3.8, 4) is 0 Å². The van der Waals surface area contributed by atoms with Gasteiger partial charge in [0, 0.05) is 29.3 Å². The smallest absolute Gasteiger partial charge is 0.326 e. The molecule has 6 unspecified atom stereocenters. The van der Waals surface area contributed by atoms with Gasteiger partial charge >= 0.3 is 5.97 Å². The van der Waals surface area contributed by atoms with Gasteiger partial charge in [-0.05, 0) is 24.5 Å². The van der Waals surface area contributed by atoms with Crippen LogP contribution in [0.1, 0.15) is 32.8 Å². The summed E-state index contributed by atoms with van der Waals surface area (Å²) in [5, 5.41) is 28.0. The Labute approximate surface area is 215 Å². The molecule has 12 heteroatoms. The predicted octanol–water partition coefficient (Wildman–Crippen LogP) is -0.0666. The number of nitrogens with one attached hydrogen (secondary N) is 4. The number of aromatic amines is 1. The highest BCUT2D eigenvalue weighted by atomic mass is 32.1. The van der Waals surface area contributed by atoms with Gasteiger partial charge in [-0.15, -0.1) is 0 Å². The Kier molecular flexibility index (Phi) is 10.8. The van der Waals surface area contributed by atoms with Crippen LogP contribution < -0.4 is 21.7 Å². The van der Waals surface area contributed by atoms with Crippen LogP contribution in [0, 0.1) is 5.92 Å². The predicted molar refractivity (Wildman–Crippen MR) is 138 cm³/mol. The van der Waals surface area contributed by atoms with Crippen LogP contribution in [-0.4, -0.2) is 74.9 Å². The number of para-hydroxylation sites is 1. The largest absolute Gasteiger partial charge is 0.480 e. The van der Waals surface area contributed by atoms with Crippen LogP contribution in [-0.2, 0) is 25.6 Å². The summed E-state index contributed by atoms with van der Waals surface area (Å²) >= 11 is 4.10. The molecule has 6 atom stereocenters. The van der Waals surface area contributed by atoms with E-state index in [1.165, 1.54) is 6.92 Å². The number of carbonyl (C=O) groups is 4. The first-order chi connectivity index (χ1) is 17.0. The van der Waals surface area contributed by atoms with Crippen LogP contribution in [0.15, 0.2) is 30.5 Å². The summed E-state index contributed by atoms with van der Waals surface area (Å²) < 4.78 is 0. The van der Waals surface area contributed by atoms with Crippen molar-refractivity contribution in [1.29, 1.82) is 0 Å². The molecule has 8 N–H and O–H groups in total. The molecular weight excluding hydrogens is 486 g/mol. The molecule has 1 aromatic heterocycles. The third kappa shape index (κ3) is 7.45. The number of thiol groups is 1. The second-order valence-electron chi connectivity index (χ2n) is 8.84. The molecule has 0 fully saturated rings. The fourth-order valence-electron chi connectivity index (χ4n) is 3.62. The quantitative estimate of drug-likeness (QED) is 0.169. The summed E-state index contributed by atoms with van der Waals surface area (Å²) in [4.78, 5) is 53.0. The van der Waals surface area contributed by atoms with Gasteiger partial charge in [0.1, 0.15) is 18.1 Å². The number of aliphatic carboxylic acids is 1. The topological polar surface area (TPSA) is 187 Å². The number of carbonyl (C=O) groups excluding carboxylic acids is 3. The van der Waals surface area contributed by atoms with Gasteiger partial charge in [-0.2, -0.15) is 12.6 Å². The zero-order chi connectivity index (χ0) is 27.0. The molecule has 0 spiro atoms. The van der Waals surface area contributed by atoms with Gasteiger partial charge in [-0.25, -0.2) is 4.79 Å². The Morgan fingerprint density at radius 3 is 2.25 bits per heavy atom. The fourth-order valence-corrected chi connectivity index (χ4v) is 3.87. The number of aromatic nitrogens is 1. The van der Waals surface area contributed by atoms with Gasteiger partial charge in [-0.3, -0.25) is 14.4 Å². The van der Waals surface area contributed by atoms with Gasteiger partial charge in [0.2, 0.25) is 17.7 Å². The highest BCUT2D eigenvalue weighted by Gasteiger charge is 2.33. The van der Waals surface area contributed by atoms with Crippen LogP contribution >= 0.6 is 12.6 Å². The molecule has 0 aliphatic carbocycles. The Bertz CT molecular complexity index is 1070. The van der Waals surface area contributed by atoms with Crippen LogP contribution in [0.3, 0.4) is 0 Å². The van der Waals surface area contributed by atoms with Crippen molar-refractivity contribution in [2.24, 2.45) is 11.7 Å². The molecule has 0 bridgehead atoms. The number of aliphatic hydroxyl groups is 1. The highest BCUT2D eigenvalue weighted by Crippen LogP contribution is 2.19. The average molecular weight is 522 g/mol. The first kappa shape index (κ1) is 29.1. The number of rotatable bonds is 13. The van der Waals surface area contributed by atoms with Gasteiger partial charge in [0.05, 0.1) is 12.1 Å². The molecule has 1 heterocycles. The molecule has 36 heavy (non-hydrogen) atoms. The first-order valence-electron chi connectivity index (χ1n) is 11.7. The van der Waals surface area contributed by atoms with E-state index in [1.807, 2.05) is 38.1 Å². The number of hydrogen-bond acceptors (Lipinski definition) is 7. The van der Waals surface area contributed by atoms with Gasteiger partial charge in [-0.1, -0.05) is 38.5 Å². The van der Waals surface area contributed by atoms with E-state index >= 15 is 0 Å². The maximum atomic E-state index is 12.9. The lowest BCUT2D eigenvalue weighted by Gasteiger charge is -2.26. The monoisotopic (exact) mass is 521 g/mol. The summed E-state index contributed by atoms with van der Waals surface area (Å²) in [5.41, 5.74) is 7.43. The van der Waals surface area contributed by atoms with Gasteiger partial charge in [0.25, 0.3) is 0 Å². The standard InChI is InChI=1S/C24H35N5O6S/c1-4-12(2)19(25)22(32)28-18(11-36)21(31)29-20(13(3)30)23(33)27-17(24(34)35)9-14-10-26-16-8-6-5-7-15(14)16/h5-8,10,12-13,17-20,26,30,36H,4,9,11,25H2,1-3H3,(H,27,33)(H,28,32)(H,29,31)(H,34,35). The van der Waals surface area contributed by atoms with Crippen molar-refractivity contribution in [2.75, 3.05) is 5.75 Å². The van der Waals surface area contributed by atoms with E-state index in [0.717, 1.165) is 10.9 Å². The maximum absolute atomic E-state index is 12.9. The van der Waals surface area contributed by atoms with E-state index in [0.29, 0.717) is 12.0 Å². The van der Waals surface area contributed by atoms with Crippen molar-refractivity contribution in [3.05, 3.63) is 36.0 Å². The summed E-state index contributed by atoms with van der Waals surface area (Å²) in [5.74, 6) is -3.66. The molecule has 0 saturated heterocycles. The normalized spacial score (nSPS) is 16.3. The van der Waals surface area contributed by atoms with Crippen LogP contribution in [0.2, 0.25) is 0 Å².